The Bertz CT molecular complexity index is 220. The van der Waals surface area contributed by atoms with Crippen molar-refractivity contribution in [3.63, 3.8) is 0 Å². The maximum atomic E-state index is 9.12. The second-order valence-corrected chi connectivity index (χ2v) is 6.31. The van der Waals surface area contributed by atoms with Crippen LogP contribution in [0.3, 0.4) is 0 Å². The van der Waals surface area contributed by atoms with E-state index in [4.69, 9.17) is 10.2 Å². The minimum atomic E-state index is 0.377. The minimum Gasteiger partial charge on any atom is -0.396 e. The normalized spacial score (nSPS) is 38.1. The van der Waals surface area contributed by atoms with Crippen LogP contribution in [0.25, 0.3) is 0 Å². The fourth-order valence-corrected chi connectivity index (χ4v) is 3.44. The van der Waals surface area contributed by atoms with E-state index in [1.54, 1.807) is 0 Å². The van der Waals surface area contributed by atoms with Crippen molar-refractivity contribution >= 4 is 0 Å². The Hall–Kier alpha value is -0.340. The Balaban J connectivity index is 1.69. The average Bonchev–Trinajstić information content (AvgIpc) is 2.46. The first kappa shape index (κ1) is 14.1. The van der Waals surface area contributed by atoms with Gasteiger partial charge in [0.2, 0.25) is 0 Å². The minimum absolute atomic E-state index is 0.377. The van der Waals surface area contributed by atoms with E-state index in [1.807, 2.05) is 0 Å². The van der Waals surface area contributed by atoms with Crippen molar-refractivity contribution in [1.82, 2.24) is 0 Å². The molecule has 0 aromatic heterocycles. The number of hydrogen-bond donors (Lipinski definition) is 2. The van der Waals surface area contributed by atoms with Crippen molar-refractivity contribution < 1.29 is 10.2 Å². The molecule has 0 aliphatic heterocycles. The molecular weight excluding hydrogens is 224 g/mol. The van der Waals surface area contributed by atoms with Gasteiger partial charge in [-0.3, -0.25) is 0 Å². The van der Waals surface area contributed by atoms with Crippen LogP contribution in [0.15, 0.2) is 12.2 Å². The van der Waals surface area contributed by atoms with Gasteiger partial charge in [0.1, 0.15) is 0 Å². The fourth-order valence-electron chi connectivity index (χ4n) is 3.44. The molecule has 18 heavy (non-hydrogen) atoms. The third kappa shape index (κ3) is 4.10. The van der Waals surface area contributed by atoms with Gasteiger partial charge >= 0.3 is 0 Å². The zero-order chi connectivity index (χ0) is 12.8. The van der Waals surface area contributed by atoms with E-state index < -0.39 is 0 Å². The van der Waals surface area contributed by atoms with Crippen LogP contribution in [0.4, 0.5) is 0 Å². The van der Waals surface area contributed by atoms with Gasteiger partial charge in [0, 0.05) is 13.2 Å². The standard InChI is InChI=1S/C16H28O2/c17-11-15-7-3-13(4-8-15)1-2-14-5-9-16(12-18)10-6-14/h1-2,13-18H,3-12H2. The third-order valence-corrected chi connectivity index (χ3v) is 4.95. The van der Waals surface area contributed by atoms with Crippen molar-refractivity contribution in [3.8, 4) is 0 Å². The summed E-state index contributed by atoms with van der Waals surface area (Å²) in [4.78, 5) is 0. The van der Waals surface area contributed by atoms with E-state index in [9.17, 15) is 0 Å². The second kappa shape index (κ2) is 7.30. The van der Waals surface area contributed by atoms with E-state index in [0.717, 1.165) is 11.8 Å². The molecule has 0 bridgehead atoms. The highest BCUT2D eigenvalue weighted by molar-refractivity contribution is 4.96. The van der Waals surface area contributed by atoms with Gasteiger partial charge in [0.25, 0.3) is 0 Å². The molecule has 2 rings (SSSR count). The summed E-state index contributed by atoms with van der Waals surface area (Å²) in [5, 5.41) is 18.2. The van der Waals surface area contributed by atoms with E-state index in [1.165, 1.54) is 51.4 Å². The Morgan fingerprint density at radius 3 is 1.22 bits per heavy atom. The first-order valence-electron chi connectivity index (χ1n) is 7.71. The molecule has 104 valence electrons. The Morgan fingerprint density at radius 1 is 0.611 bits per heavy atom. The van der Waals surface area contributed by atoms with Crippen LogP contribution in [-0.2, 0) is 0 Å². The number of rotatable bonds is 4. The predicted octanol–water partition coefficient (Wildman–Crippen LogP) is 3.14. The number of aliphatic hydroxyl groups is 2. The summed E-state index contributed by atoms with van der Waals surface area (Å²) in [7, 11) is 0. The van der Waals surface area contributed by atoms with Crippen LogP contribution < -0.4 is 0 Å². The summed E-state index contributed by atoms with van der Waals surface area (Å²) >= 11 is 0. The van der Waals surface area contributed by atoms with Crippen molar-refractivity contribution in [1.29, 1.82) is 0 Å². The molecule has 2 saturated carbocycles. The number of hydrogen-bond acceptors (Lipinski definition) is 2. The Labute approximate surface area is 111 Å². The highest BCUT2D eigenvalue weighted by Gasteiger charge is 2.21. The van der Waals surface area contributed by atoms with E-state index >= 15 is 0 Å². The Kier molecular flexibility index (Phi) is 5.71. The highest BCUT2D eigenvalue weighted by Crippen LogP contribution is 2.32. The van der Waals surface area contributed by atoms with E-state index in [2.05, 4.69) is 12.2 Å². The van der Waals surface area contributed by atoms with Gasteiger partial charge < -0.3 is 10.2 Å². The highest BCUT2D eigenvalue weighted by atomic mass is 16.3. The van der Waals surface area contributed by atoms with Crippen LogP contribution in [0.5, 0.6) is 0 Å². The van der Waals surface area contributed by atoms with Crippen molar-refractivity contribution in [2.24, 2.45) is 23.7 Å². The summed E-state index contributed by atoms with van der Waals surface area (Å²) in [6.45, 7) is 0.753. The first-order chi connectivity index (χ1) is 8.81. The molecular formula is C16H28O2. The quantitative estimate of drug-likeness (QED) is 0.755. The summed E-state index contributed by atoms with van der Waals surface area (Å²) in [5.74, 6) is 2.64. The second-order valence-electron chi connectivity index (χ2n) is 6.31. The topological polar surface area (TPSA) is 40.5 Å². The number of aliphatic hydroxyl groups excluding tert-OH is 2. The monoisotopic (exact) mass is 252 g/mol. The lowest BCUT2D eigenvalue weighted by atomic mass is 9.79. The van der Waals surface area contributed by atoms with Gasteiger partial charge in [-0.2, -0.15) is 0 Å². The predicted molar refractivity (Wildman–Crippen MR) is 74.2 cm³/mol. The maximum Gasteiger partial charge on any atom is 0.0459 e. The summed E-state index contributed by atoms with van der Waals surface area (Å²) in [6.07, 6.45) is 14.7. The van der Waals surface area contributed by atoms with Crippen LogP contribution in [0.2, 0.25) is 0 Å². The summed E-state index contributed by atoms with van der Waals surface area (Å²) in [5.41, 5.74) is 0. The maximum absolute atomic E-state index is 9.12. The van der Waals surface area contributed by atoms with E-state index in [-0.39, 0.29) is 0 Å². The molecule has 2 aliphatic rings. The summed E-state index contributed by atoms with van der Waals surface area (Å²) in [6, 6.07) is 0. The molecule has 0 saturated heterocycles. The van der Waals surface area contributed by atoms with Crippen LogP contribution >= 0.6 is 0 Å². The fraction of sp³-hybridized carbons (Fsp3) is 0.875. The largest absolute Gasteiger partial charge is 0.396 e. The van der Waals surface area contributed by atoms with Gasteiger partial charge in [-0.1, -0.05) is 12.2 Å². The number of allylic oxidation sites excluding steroid dienone is 2. The van der Waals surface area contributed by atoms with Crippen LogP contribution in [0, 0.1) is 23.7 Å². The third-order valence-electron chi connectivity index (χ3n) is 4.95. The molecule has 2 nitrogen and oxygen atoms in total. The van der Waals surface area contributed by atoms with Crippen LogP contribution in [0.1, 0.15) is 51.4 Å². The van der Waals surface area contributed by atoms with E-state index in [0.29, 0.717) is 25.0 Å². The van der Waals surface area contributed by atoms with Crippen molar-refractivity contribution in [3.05, 3.63) is 12.2 Å². The molecule has 0 aromatic rings. The van der Waals surface area contributed by atoms with Gasteiger partial charge in [-0.15, -0.1) is 0 Å². The van der Waals surface area contributed by atoms with Crippen LogP contribution in [-0.4, -0.2) is 23.4 Å². The average molecular weight is 252 g/mol. The molecule has 2 N–H and O–H groups in total. The lowest BCUT2D eigenvalue weighted by molar-refractivity contribution is 0.174. The molecule has 0 atom stereocenters. The summed E-state index contributed by atoms with van der Waals surface area (Å²) < 4.78 is 0. The molecule has 0 heterocycles. The zero-order valence-electron chi connectivity index (χ0n) is 11.4. The molecule has 0 radical (unpaired) electrons. The van der Waals surface area contributed by atoms with Crippen molar-refractivity contribution in [2.75, 3.05) is 13.2 Å². The smallest absolute Gasteiger partial charge is 0.0459 e. The molecule has 0 unspecified atom stereocenters. The SMILES string of the molecule is OCC1CCC(C=CC2CCC(CO)CC2)CC1. The van der Waals surface area contributed by atoms with Gasteiger partial charge in [-0.25, -0.2) is 0 Å². The van der Waals surface area contributed by atoms with Crippen molar-refractivity contribution in [2.45, 2.75) is 51.4 Å². The molecule has 2 fully saturated rings. The molecule has 0 amide bonds. The Morgan fingerprint density at radius 2 is 0.944 bits per heavy atom. The molecule has 2 heteroatoms. The molecule has 0 spiro atoms. The zero-order valence-corrected chi connectivity index (χ0v) is 11.4. The lowest BCUT2D eigenvalue weighted by Crippen LogP contribution is -2.17. The molecule has 2 aliphatic carbocycles. The van der Waals surface area contributed by atoms with Gasteiger partial charge in [0.15, 0.2) is 0 Å². The van der Waals surface area contributed by atoms with Gasteiger partial charge in [-0.05, 0) is 75.0 Å². The molecule has 0 aromatic carbocycles. The van der Waals surface area contributed by atoms with Gasteiger partial charge in [0.05, 0.1) is 0 Å². The lowest BCUT2D eigenvalue weighted by Gasteiger charge is -2.27. The first-order valence-corrected chi connectivity index (χ1v) is 7.71.